The quantitative estimate of drug-likeness (QED) is 0.793. The van der Waals surface area contributed by atoms with Crippen molar-refractivity contribution in [2.45, 2.75) is 51.6 Å². The van der Waals surface area contributed by atoms with E-state index in [0.29, 0.717) is 6.04 Å². The SMILES string of the molecule is CCC(C)(C)NC1CCc2ccccc21. The van der Waals surface area contributed by atoms with Gasteiger partial charge in [-0.05, 0) is 44.2 Å². The first-order valence-corrected chi connectivity index (χ1v) is 5.98. The molecule has 1 aromatic rings. The zero-order valence-corrected chi connectivity index (χ0v) is 10.0. The highest BCUT2D eigenvalue weighted by atomic mass is 15.0. The summed E-state index contributed by atoms with van der Waals surface area (Å²) in [6.07, 6.45) is 3.65. The smallest absolute Gasteiger partial charge is 0.0330 e. The molecule has 1 aliphatic carbocycles. The van der Waals surface area contributed by atoms with Crippen LogP contribution in [-0.2, 0) is 6.42 Å². The number of hydrogen-bond donors (Lipinski definition) is 1. The van der Waals surface area contributed by atoms with E-state index in [4.69, 9.17) is 0 Å². The summed E-state index contributed by atoms with van der Waals surface area (Å²) in [6, 6.07) is 9.39. The molecule has 1 nitrogen and oxygen atoms in total. The van der Waals surface area contributed by atoms with Gasteiger partial charge >= 0.3 is 0 Å². The van der Waals surface area contributed by atoms with Crippen molar-refractivity contribution in [3.8, 4) is 0 Å². The van der Waals surface area contributed by atoms with E-state index in [1.54, 1.807) is 0 Å². The standard InChI is InChI=1S/C14H21N/c1-4-14(2,3)15-13-10-9-11-7-5-6-8-12(11)13/h5-8,13,15H,4,9-10H2,1-3H3. The Morgan fingerprint density at radius 1 is 1.33 bits per heavy atom. The van der Waals surface area contributed by atoms with Gasteiger partial charge in [0.25, 0.3) is 0 Å². The van der Waals surface area contributed by atoms with Crippen molar-refractivity contribution in [3.05, 3.63) is 35.4 Å². The number of rotatable bonds is 3. The minimum absolute atomic E-state index is 0.252. The molecule has 0 bridgehead atoms. The second-order valence-electron chi connectivity index (χ2n) is 5.17. The lowest BCUT2D eigenvalue weighted by Crippen LogP contribution is -2.40. The van der Waals surface area contributed by atoms with Crippen molar-refractivity contribution < 1.29 is 0 Å². The third kappa shape index (κ3) is 2.23. The van der Waals surface area contributed by atoms with Gasteiger partial charge in [0.05, 0.1) is 0 Å². The molecule has 0 amide bonds. The molecule has 0 aliphatic heterocycles. The van der Waals surface area contributed by atoms with Crippen molar-refractivity contribution in [2.24, 2.45) is 0 Å². The Labute approximate surface area is 92.9 Å². The van der Waals surface area contributed by atoms with Crippen molar-refractivity contribution in [1.29, 1.82) is 0 Å². The molecule has 1 aromatic carbocycles. The monoisotopic (exact) mass is 203 g/mol. The fourth-order valence-corrected chi connectivity index (χ4v) is 2.28. The van der Waals surface area contributed by atoms with E-state index in [2.05, 4.69) is 50.4 Å². The first kappa shape index (κ1) is 10.7. The molecule has 0 fully saturated rings. The van der Waals surface area contributed by atoms with Crippen LogP contribution in [0.4, 0.5) is 0 Å². The van der Waals surface area contributed by atoms with Gasteiger partial charge in [0.2, 0.25) is 0 Å². The van der Waals surface area contributed by atoms with Crippen LogP contribution in [0.2, 0.25) is 0 Å². The van der Waals surface area contributed by atoms with Gasteiger partial charge in [0.15, 0.2) is 0 Å². The van der Waals surface area contributed by atoms with Crippen LogP contribution in [0, 0.1) is 0 Å². The van der Waals surface area contributed by atoms with E-state index in [1.165, 1.54) is 30.4 Å². The van der Waals surface area contributed by atoms with Crippen LogP contribution in [0.1, 0.15) is 50.8 Å². The molecule has 0 spiro atoms. The Hall–Kier alpha value is -0.820. The second kappa shape index (κ2) is 3.97. The molecule has 0 aromatic heterocycles. The van der Waals surface area contributed by atoms with E-state index < -0.39 is 0 Å². The van der Waals surface area contributed by atoms with E-state index in [1.807, 2.05) is 0 Å². The molecular formula is C14H21N. The Morgan fingerprint density at radius 3 is 2.80 bits per heavy atom. The van der Waals surface area contributed by atoms with Gasteiger partial charge in [-0.2, -0.15) is 0 Å². The molecule has 0 saturated heterocycles. The molecule has 1 heteroatoms. The Kier molecular flexibility index (Phi) is 2.83. The molecule has 82 valence electrons. The third-order valence-corrected chi connectivity index (χ3v) is 3.58. The molecule has 0 saturated carbocycles. The van der Waals surface area contributed by atoms with Crippen LogP contribution in [0.5, 0.6) is 0 Å². The summed E-state index contributed by atoms with van der Waals surface area (Å²) in [5.74, 6) is 0. The summed E-state index contributed by atoms with van der Waals surface area (Å²) in [5, 5.41) is 3.76. The number of aryl methyl sites for hydroxylation is 1. The second-order valence-corrected chi connectivity index (χ2v) is 5.17. The molecule has 15 heavy (non-hydrogen) atoms. The highest BCUT2D eigenvalue weighted by molar-refractivity contribution is 5.34. The number of benzene rings is 1. The highest BCUT2D eigenvalue weighted by Gasteiger charge is 2.26. The van der Waals surface area contributed by atoms with Crippen molar-refractivity contribution in [2.75, 3.05) is 0 Å². The summed E-state index contributed by atoms with van der Waals surface area (Å²) in [7, 11) is 0. The maximum Gasteiger partial charge on any atom is 0.0330 e. The lowest BCUT2D eigenvalue weighted by molar-refractivity contribution is 0.325. The average Bonchev–Trinajstić information content (AvgIpc) is 2.62. The van der Waals surface area contributed by atoms with Gasteiger partial charge in [-0.25, -0.2) is 0 Å². The van der Waals surface area contributed by atoms with Gasteiger partial charge < -0.3 is 5.32 Å². The molecule has 1 N–H and O–H groups in total. The van der Waals surface area contributed by atoms with Gasteiger partial charge in [0, 0.05) is 11.6 Å². The van der Waals surface area contributed by atoms with Crippen molar-refractivity contribution in [1.82, 2.24) is 5.32 Å². The van der Waals surface area contributed by atoms with Gasteiger partial charge in [-0.1, -0.05) is 31.2 Å². The van der Waals surface area contributed by atoms with Gasteiger partial charge in [0.1, 0.15) is 0 Å². The van der Waals surface area contributed by atoms with Gasteiger partial charge in [-0.3, -0.25) is 0 Å². The number of fused-ring (bicyclic) bond motifs is 1. The topological polar surface area (TPSA) is 12.0 Å². The lowest BCUT2D eigenvalue weighted by Gasteiger charge is -2.29. The van der Waals surface area contributed by atoms with E-state index in [0.717, 1.165) is 0 Å². The highest BCUT2D eigenvalue weighted by Crippen LogP contribution is 2.32. The van der Waals surface area contributed by atoms with Crippen LogP contribution in [-0.4, -0.2) is 5.54 Å². The Bertz CT molecular complexity index is 341. The maximum absolute atomic E-state index is 3.76. The molecule has 1 atom stereocenters. The van der Waals surface area contributed by atoms with Crippen molar-refractivity contribution in [3.63, 3.8) is 0 Å². The summed E-state index contributed by atoms with van der Waals surface area (Å²) in [6.45, 7) is 6.82. The third-order valence-electron chi connectivity index (χ3n) is 3.58. The number of hydrogen-bond acceptors (Lipinski definition) is 1. The lowest BCUT2D eigenvalue weighted by atomic mass is 9.98. The molecule has 0 heterocycles. The largest absolute Gasteiger partial charge is 0.305 e. The van der Waals surface area contributed by atoms with Gasteiger partial charge in [-0.15, -0.1) is 0 Å². The first-order valence-electron chi connectivity index (χ1n) is 5.98. The Balaban J connectivity index is 2.14. The summed E-state index contributed by atoms with van der Waals surface area (Å²) < 4.78 is 0. The minimum Gasteiger partial charge on any atom is -0.305 e. The van der Waals surface area contributed by atoms with Crippen LogP contribution in [0.3, 0.4) is 0 Å². The summed E-state index contributed by atoms with van der Waals surface area (Å²) >= 11 is 0. The summed E-state index contributed by atoms with van der Waals surface area (Å²) in [4.78, 5) is 0. The van der Waals surface area contributed by atoms with Crippen molar-refractivity contribution >= 4 is 0 Å². The predicted molar refractivity (Wildman–Crippen MR) is 65.0 cm³/mol. The fourth-order valence-electron chi connectivity index (χ4n) is 2.28. The molecule has 0 radical (unpaired) electrons. The zero-order valence-electron chi connectivity index (χ0n) is 10.0. The summed E-state index contributed by atoms with van der Waals surface area (Å²) in [5.41, 5.74) is 3.29. The zero-order chi connectivity index (χ0) is 10.9. The predicted octanol–water partition coefficient (Wildman–Crippen LogP) is 3.45. The van der Waals surface area contributed by atoms with E-state index in [-0.39, 0.29) is 5.54 Å². The fraction of sp³-hybridized carbons (Fsp3) is 0.571. The first-order chi connectivity index (χ1) is 7.12. The normalized spacial score (nSPS) is 20.3. The van der Waals surface area contributed by atoms with Crippen LogP contribution in [0.25, 0.3) is 0 Å². The maximum atomic E-state index is 3.76. The number of nitrogens with one attached hydrogen (secondary N) is 1. The van der Waals surface area contributed by atoms with Crippen LogP contribution in [0.15, 0.2) is 24.3 Å². The van der Waals surface area contributed by atoms with E-state index in [9.17, 15) is 0 Å². The molecule has 1 aliphatic rings. The van der Waals surface area contributed by atoms with Crippen LogP contribution < -0.4 is 5.32 Å². The molecular weight excluding hydrogens is 182 g/mol. The minimum atomic E-state index is 0.252. The molecule has 1 unspecified atom stereocenters. The van der Waals surface area contributed by atoms with Crippen LogP contribution >= 0.6 is 0 Å². The molecule has 2 rings (SSSR count). The Morgan fingerprint density at radius 2 is 2.07 bits per heavy atom. The van der Waals surface area contributed by atoms with E-state index >= 15 is 0 Å². The average molecular weight is 203 g/mol.